The van der Waals surface area contributed by atoms with Crippen molar-refractivity contribution in [1.29, 1.82) is 0 Å². The Balaban J connectivity index is 1.82. The van der Waals surface area contributed by atoms with Crippen molar-refractivity contribution in [3.8, 4) is 0 Å². The van der Waals surface area contributed by atoms with Crippen LogP contribution in [0.1, 0.15) is 30.9 Å². The number of amides is 3. The number of carboxylic acids is 1. The highest BCUT2D eigenvalue weighted by Crippen LogP contribution is 2.19. The number of hydrogen-bond donors (Lipinski definition) is 8. The molecule has 13 nitrogen and oxygen atoms in total. The minimum absolute atomic E-state index is 0.105. The second kappa shape index (κ2) is 15.2. The molecule has 0 fully saturated rings. The first-order valence-electron chi connectivity index (χ1n) is 13.6. The molecule has 3 amide bonds. The normalized spacial score (nSPS) is 13.8. The summed E-state index contributed by atoms with van der Waals surface area (Å²) in [5.41, 5.74) is 19.4. The van der Waals surface area contributed by atoms with Crippen LogP contribution in [0.25, 0.3) is 10.9 Å². The van der Waals surface area contributed by atoms with Crippen molar-refractivity contribution in [2.45, 2.75) is 56.8 Å². The van der Waals surface area contributed by atoms with Crippen molar-refractivity contribution in [3.05, 3.63) is 71.9 Å². The van der Waals surface area contributed by atoms with Gasteiger partial charge in [0.05, 0.1) is 6.04 Å². The number of nitrogens with one attached hydrogen (secondary N) is 4. The van der Waals surface area contributed by atoms with Crippen molar-refractivity contribution >= 4 is 40.6 Å². The number of rotatable bonds is 15. The van der Waals surface area contributed by atoms with Crippen LogP contribution in [0.5, 0.6) is 0 Å². The summed E-state index contributed by atoms with van der Waals surface area (Å²) in [4.78, 5) is 58.2. The average molecular weight is 579 g/mol. The Hall–Kier alpha value is -4.91. The number of aromatic nitrogens is 1. The first kappa shape index (κ1) is 31.6. The van der Waals surface area contributed by atoms with Gasteiger partial charge in [-0.1, -0.05) is 48.5 Å². The Bertz CT molecular complexity index is 1400. The summed E-state index contributed by atoms with van der Waals surface area (Å²) in [6, 6.07) is 12.5. The number of para-hydroxylation sites is 1. The van der Waals surface area contributed by atoms with Gasteiger partial charge in [-0.15, -0.1) is 0 Å². The summed E-state index contributed by atoms with van der Waals surface area (Å²) in [6.07, 6.45) is 2.56. The lowest BCUT2D eigenvalue weighted by atomic mass is 10.0. The van der Waals surface area contributed by atoms with E-state index in [9.17, 15) is 24.3 Å². The molecule has 0 bridgehead atoms. The van der Waals surface area contributed by atoms with Crippen molar-refractivity contribution in [2.24, 2.45) is 22.2 Å². The van der Waals surface area contributed by atoms with Crippen molar-refractivity contribution in [1.82, 2.24) is 20.9 Å². The van der Waals surface area contributed by atoms with Gasteiger partial charge in [-0.3, -0.25) is 24.2 Å². The maximum Gasteiger partial charge on any atom is 0.325 e. The lowest BCUT2D eigenvalue weighted by molar-refractivity contribution is -0.141. The molecule has 2 aromatic carbocycles. The fourth-order valence-electron chi connectivity index (χ4n) is 4.39. The number of aliphatic carboxylic acids is 1. The highest BCUT2D eigenvalue weighted by atomic mass is 16.4. The number of aliphatic imine (C=N–C) groups is 1. The number of carboxylic acid groups (broad SMARTS) is 1. The van der Waals surface area contributed by atoms with E-state index < -0.39 is 47.9 Å². The predicted octanol–water partition coefficient (Wildman–Crippen LogP) is -0.107. The molecule has 3 rings (SSSR count). The molecule has 0 saturated carbocycles. The van der Waals surface area contributed by atoms with Gasteiger partial charge in [-0.2, -0.15) is 0 Å². The summed E-state index contributed by atoms with van der Waals surface area (Å²) in [5, 5.41) is 17.9. The third-order valence-electron chi connectivity index (χ3n) is 6.67. The van der Waals surface area contributed by atoms with E-state index in [0.717, 1.165) is 22.0 Å². The van der Waals surface area contributed by atoms with Crippen LogP contribution in [-0.2, 0) is 32.0 Å². The fraction of sp³-hybridized carbons (Fsp3) is 0.345. The van der Waals surface area contributed by atoms with E-state index >= 15 is 0 Å². The number of benzene rings is 2. The maximum absolute atomic E-state index is 13.7. The van der Waals surface area contributed by atoms with Gasteiger partial charge < -0.3 is 43.2 Å². The molecule has 224 valence electrons. The predicted molar refractivity (Wildman–Crippen MR) is 159 cm³/mol. The first-order valence-corrected chi connectivity index (χ1v) is 13.6. The number of guanidine groups is 1. The smallest absolute Gasteiger partial charge is 0.325 e. The topological polar surface area (TPSA) is 231 Å². The van der Waals surface area contributed by atoms with Gasteiger partial charge in [0, 0.05) is 30.1 Å². The summed E-state index contributed by atoms with van der Waals surface area (Å²) in [6.45, 7) is 1.51. The van der Waals surface area contributed by atoms with E-state index in [1.807, 2.05) is 54.6 Å². The lowest BCUT2D eigenvalue weighted by Crippen LogP contribution is -2.57. The molecular weight excluding hydrogens is 540 g/mol. The van der Waals surface area contributed by atoms with E-state index in [1.165, 1.54) is 6.92 Å². The number of carbonyl (C=O) groups excluding carboxylic acids is 3. The van der Waals surface area contributed by atoms with Crippen LogP contribution in [0.2, 0.25) is 0 Å². The third-order valence-corrected chi connectivity index (χ3v) is 6.67. The number of hydrogen-bond acceptors (Lipinski definition) is 6. The SMILES string of the molecule is CC(NC(=O)C(CCCN=C(N)N)NC(=O)C(Cc1c[nH]c2ccccc12)NC(=O)C(N)Cc1ccccc1)C(=O)O. The van der Waals surface area contributed by atoms with Crippen LogP contribution >= 0.6 is 0 Å². The first-order chi connectivity index (χ1) is 20.0. The molecule has 0 radical (unpaired) electrons. The Morgan fingerprint density at radius 3 is 2.21 bits per heavy atom. The van der Waals surface area contributed by atoms with Crippen LogP contribution in [0.3, 0.4) is 0 Å². The minimum Gasteiger partial charge on any atom is -0.480 e. The van der Waals surface area contributed by atoms with Crippen molar-refractivity contribution < 1.29 is 24.3 Å². The van der Waals surface area contributed by atoms with Crippen LogP contribution in [-0.4, -0.2) is 70.5 Å². The second-order valence-corrected chi connectivity index (χ2v) is 10.00. The summed E-state index contributed by atoms with van der Waals surface area (Å²) in [7, 11) is 0. The van der Waals surface area contributed by atoms with Crippen LogP contribution < -0.4 is 33.2 Å². The van der Waals surface area contributed by atoms with E-state index in [2.05, 4.69) is 25.9 Å². The zero-order valence-electron chi connectivity index (χ0n) is 23.4. The summed E-state index contributed by atoms with van der Waals surface area (Å²) < 4.78 is 0. The maximum atomic E-state index is 13.7. The van der Waals surface area contributed by atoms with E-state index in [0.29, 0.717) is 6.42 Å². The lowest BCUT2D eigenvalue weighted by Gasteiger charge is -2.25. The Morgan fingerprint density at radius 1 is 0.881 bits per heavy atom. The number of fused-ring (bicyclic) bond motifs is 1. The molecule has 0 aliphatic carbocycles. The molecule has 4 unspecified atom stereocenters. The third kappa shape index (κ3) is 9.34. The molecule has 42 heavy (non-hydrogen) atoms. The monoisotopic (exact) mass is 578 g/mol. The van der Waals surface area contributed by atoms with E-state index in [1.54, 1.807) is 6.20 Å². The van der Waals surface area contributed by atoms with Crippen molar-refractivity contribution in [2.75, 3.05) is 6.54 Å². The van der Waals surface area contributed by atoms with Gasteiger partial charge >= 0.3 is 5.97 Å². The molecule has 0 saturated heterocycles. The van der Waals surface area contributed by atoms with Gasteiger partial charge in [0.2, 0.25) is 17.7 Å². The molecule has 4 atom stereocenters. The number of carbonyl (C=O) groups is 4. The highest BCUT2D eigenvalue weighted by Gasteiger charge is 2.30. The van der Waals surface area contributed by atoms with Gasteiger partial charge in [0.15, 0.2) is 5.96 Å². The summed E-state index contributed by atoms with van der Waals surface area (Å²) >= 11 is 0. The van der Waals surface area contributed by atoms with Crippen LogP contribution in [0.15, 0.2) is 65.8 Å². The number of H-pyrrole nitrogens is 1. The largest absolute Gasteiger partial charge is 0.480 e. The molecule has 13 heteroatoms. The molecular formula is C29H38N8O5. The van der Waals surface area contributed by atoms with Gasteiger partial charge in [-0.25, -0.2) is 0 Å². The fourth-order valence-corrected chi connectivity index (χ4v) is 4.39. The average Bonchev–Trinajstić information content (AvgIpc) is 3.37. The second-order valence-electron chi connectivity index (χ2n) is 10.00. The summed E-state index contributed by atoms with van der Waals surface area (Å²) in [5.74, 6) is -3.21. The molecule has 1 aromatic heterocycles. The Morgan fingerprint density at radius 2 is 1.52 bits per heavy atom. The molecule has 0 aliphatic heterocycles. The molecule has 3 aromatic rings. The standard InChI is InChI=1S/C29H38N8O5/c1-17(28(41)42)35-26(39)23(12-7-13-33-29(31)32)36-27(40)24(15-19-16-34-22-11-6-5-10-20(19)22)37-25(38)21(30)14-18-8-3-2-4-9-18/h2-6,8-11,16-17,21,23-24,34H,7,12-15,30H2,1H3,(H,35,39)(H,36,40)(H,37,38)(H,41,42)(H4,31,32,33). The number of nitrogens with zero attached hydrogens (tertiary/aromatic N) is 1. The molecule has 11 N–H and O–H groups in total. The minimum atomic E-state index is -1.23. The number of aromatic amines is 1. The van der Waals surface area contributed by atoms with Crippen LogP contribution in [0, 0.1) is 0 Å². The van der Waals surface area contributed by atoms with E-state index in [-0.39, 0.29) is 31.8 Å². The van der Waals surface area contributed by atoms with Gasteiger partial charge in [0.25, 0.3) is 0 Å². The highest BCUT2D eigenvalue weighted by molar-refractivity contribution is 5.95. The van der Waals surface area contributed by atoms with E-state index in [4.69, 9.17) is 17.2 Å². The zero-order chi connectivity index (χ0) is 30.6. The van der Waals surface area contributed by atoms with Gasteiger partial charge in [0.1, 0.15) is 18.1 Å². The van der Waals surface area contributed by atoms with Crippen molar-refractivity contribution in [3.63, 3.8) is 0 Å². The molecule has 0 aliphatic rings. The molecule has 1 heterocycles. The van der Waals surface area contributed by atoms with Crippen LogP contribution in [0.4, 0.5) is 0 Å². The van der Waals surface area contributed by atoms with Gasteiger partial charge in [-0.05, 0) is 43.4 Å². The quantitative estimate of drug-likeness (QED) is 0.0687. The molecule has 0 spiro atoms. The Kier molecular flexibility index (Phi) is 11.4. The number of nitrogens with two attached hydrogens (primary N) is 3. The zero-order valence-corrected chi connectivity index (χ0v) is 23.4. The Labute approximate surface area is 243 Å².